The van der Waals surface area contributed by atoms with Crippen molar-refractivity contribution in [3.05, 3.63) is 64.7 Å². The Kier molecular flexibility index (Phi) is 8.64. The molecule has 7 nitrogen and oxygen atoms in total. The SMILES string of the molecule is COCCN(CC(=O)NCC(=O)Nc1ccc(C)cc1)C(=O)c1ccc(Cl)cc1. The van der Waals surface area contributed by atoms with E-state index >= 15 is 0 Å². The summed E-state index contributed by atoms with van der Waals surface area (Å²) in [7, 11) is 1.51. The van der Waals surface area contributed by atoms with E-state index in [0.717, 1.165) is 5.56 Å². The lowest BCUT2D eigenvalue weighted by atomic mass is 10.2. The van der Waals surface area contributed by atoms with Crippen LogP contribution < -0.4 is 10.6 Å². The second-order valence-electron chi connectivity index (χ2n) is 6.42. The van der Waals surface area contributed by atoms with Crippen LogP contribution in [0, 0.1) is 6.92 Å². The average Bonchev–Trinajstić information content (AvgIpc) is 2.71. The van der Waals surface area contributed by atoms with Crippen LogP contribution >= 0.6 is 11.6 Å². The van der Waals surface area contributed by atoms with Gasteiger partial charge in [0.1, 0.15) is 0 Å². The van der Waals surface area contributed by atoms with Gasteiger partial charge in [0.25, 0.3) is 5.91 Å². The lowest BCUT2D eigenvalue weighted by molar-refractivity contribution is -0.124. The zero-order valence-electron chi connectivity index (χ0n) is 16.4. The molecule has 0 fully saturated rings. The predicted octanol–water partition coefficient (Wildman–Crippen LogP) is 2.49. The largest absolute Gasteiger partial charge is 0.383 e. The summed E-state index contributed by atoms with van der Waals surface area (Å²) in [4.78, 5) is 38.3. The lowest BCUT2D eigenvalue weighted by Gasteiger charge is -2.22. The standard InChI is InChI=1S/C21H24ClN3O4/c1-15-3-9-18(10-4-15)24-19(26)13-23-20(27)14-25(11-12-29-2)21(28)16-5-7-17(22)8-6-16/h3-10H,11-14H2,1-2H3,(H,23,27)(H,24,26). The van der Waals surface area contributed by atoms with E-state index in [1.165, 1.54) is 12.0 Å². The Morgan fingerprint density at radius 3 is 2.28 bits per heavy atom. The molecule has 0 atom stereocenters. The highest BCUT2D eigenvalue weighted by molar-refractivity contribution is 6.30. The summed E-state index contributed by atoms with van der Waals surface area (Å²) in [5, 5.41) is 5.74. The van der Waals surface area contributed by atoms with Crippen LogP contribution in [0.4, 0.5) is 5.69 Å². The maximum atomic E-state index is 12.7. The van der Waals surface area contributed by atoms with E-state index in [2.05, 4.69) is 10.6 Å². The first-order valence-electron chi connectivity index (χ1n) is 9.06. The fraction of sp³-hybridized carbons (Fsp3) is 0.286. The molecule has 2 rings (SSSR count). The molecule has 2 N–H and O–H groups in total. The van der Waals surface area contributed by atoms with E-state index in [9.17, 15) is 14.4 Å². The van der Waals surface area contributed by atoms with E-state index in [1.54, 1.807) is 36.4 Å². The van der Waals surface area contributed by atoms with Gasteiger partial charge in [-0.15, -0.1) is 0 Å². The van der Waals surface area contributed by atoms with Gasteiger partial charge in [0, 0.05) is 29.9 Å². The van der Waals surface area contributed by atoms with Gasteiger partial charge in [0.05, 0.1) is 19.7 Å². The molecule has 0 spiro atoms. The summed E-state index contributed by atoms with van der Waals surface area (Å²) >= 11 is 5.85. The van der Waals surface area contributed by atoms with Crippen LogP contribution in [-0.4, -0.2) is 56.0 Å². The number of methoxy groups -OCH3 is 1. The third-order valence-electron chi connectivity index (χ3n) is 4.06. The molecular weight excluding hydrogens is 394 g/mol. The minimum atomic E-state index is -0.442. The van der Waals surface area contributed by atoms with Gasteiger partial charge >= 0.3 is 0 Å². The first-order valence-corrected chi connectivity index (χ1v) is 9.44. The molecule has 2 aromatic rings. The van der Waals surface area contributed by atoms with Crippen molar-refractivity contribution in [1.29, 1.82) is 0 Å². The van der Waals surface area contributed by atoms with Gasteiger partial charge in [-0.3, -0.25) is 14.4 Å². The first kappa shape index (κ1) is 22.4. The lowest BCUT2D eigenvalue weighted by Crippen LogP contribution is -2.44. The number of halogens is 1. The molecule has 0 radical (unpaired) electrons. The van der Waals surface area contributed by atoms with Gasteiger partial charge in [0.2, 0.25) is 11.8 Å². The molecule has 0 aliphatic rings. The highest BCUT2D eigenvalue weighted by Gasteiger charge is 2.19. The Balaban J connectivity index is 1.89. The Labute approximate surface area is 175 Å². The molecule has 0 bridgehead atoms. The maximum Gasteiger partial charge on any atom is 0.254 e. The number of carbonyl (C=O) groups excluding carboxylic acids is 3. The molecule has 0 aromatic heterocycles. The third kappa shape index (κ3) is 7.56. The van der Waals surface area contributed by atoms with E-state index in [1.807, 2.05) is 19.1 Å². The Bertz CT molecular complexity index is 838. The summed E-state index contributed by atoms with van der Waals surface area (Å²) in [6.45, 7) is 2.08. The summed E-state index contributed by atoms with van der Waals surface area (Å²) in [6.07, 6.45) is 0. The number of aryl methyl sites for hydroxylation is 1. The minimum Gasteiger partial charge on any atom is -0.383 e. The van der Waals surface area contributed by atoms with Crippen LogP contribution in [0.1, 0.15) is 15.9 Å². The van der Waals surface area contributed by atoms with Gasteiger partial charge in [0.15, 0.2) is 0 Å². The number of amides is 3. The second-order valence-corrected chi connectivity index (χ2v) is 6.85. The number of rotatable bonds is 9. The summed E-state index contributed by atoms with van der Waals surface area (Å²) in [6, 6.07) is 13.7. The van der Waals surface area contributed by atoms with E-state index in [4.69, 9.17) is 16.3 Å². The molecule has 8 heteroatoms. The number of hydrogen-bond donors (Lipinski definition) is 2. The summed E-state index contributed by atoms with van der Waals surface area (Å²) < 4.78 is 5.02. The Hall–Kier alpha value is -2.90. The zero-order valence-corrected chi connectivity index (χ0v) is 17.2. The monoisotopic (exact) mass is 417 g/mol. The van der Waals surface area contributed by atoms with Gasteiger partial charge in [-0.2, -0.15) is 0 Å². The number of benzene rings is 2. The van der Waals surface area contributed by atoms with Crippen molar-refractivity contribution in [3.8, 4) is 0 Å². The average molecular weight is 418 g/mol. The number of ether oxygens (including phenoxy) is 1. The highest BCUT2D eigenvalue weighted by Crippen LogP contribution is 2.12. The summed E-state index contributed by atoms with van der Waals surface area (Å²) in [5.41, 5.74) is 2.14. The van der Waals surface area contributed by atoms with E-state index < -0.39 is 5.91 Å². The normalized spacial score (nSPS) is 10.3. The number of nitrogens with zero attached hydrogens (tertiary/aromatic N) is 1. The van der Waals surface area contributed by atoms with Crippen molar-refractivity contribution in [2.75, 3.05) is 38.7 Å². The Morgan fingerprint density at radius 2 is 1.66 bits per heavy atom. The van der Waals surface area contributed by atoms with Crippen molar-refractivity contribution in [1.82, 2.24) is 10.2 Å². The molecule has 0 aliphatic heterocycles. The third-order valence-corrected chi connectivity index (χ3v) is 4.31. The molecule has 2 aromatic carbocycles. The van der Waals surface area contributed by atoms with Crippen LogP contribution in [0.25, 0.3) is 0 Å². The highest BCUT2D eigenvalue weighted by atomic mass is 35.5. The smallest absolute Gasteiger partial charge is 0.254 e. The fourth-order valence-electron chi connectivity index (χ4n) is 2.48. The summed E-state index contributed by atoms with van der Waals surface area (Å²) in [5.74, 6) is -1.12. The fourth-order valence-corrected chi connectivity index (χ4v) is 2.61. The molecule has 0 saturated heterocycles. The molecular formula is C21H24ClN3O4. The van der Waals surface area contributed by atoms with Crippen molar-refractivity contribution in [3.63, 3.8) is 0 Å². The molecule has 154 valence electrons. The van der Waals surface area contributed by atoms with Crippen LogP contribution in [0.2, 0.25) is 5.02 Å². The van der Waals surface area contributed by atoms with Gasteiger partial charge in [-0.05, 0) is 43.3 Å². The van der Waals surface area contributed by atoms with E-state index in [0.29, 0.717) is 16.3 Å². The van der Waals surface area contributed by atoms with Crippen LogP contribution in [-0.2, 0) is 14.3 Å². The second kappa shape index (κ2) is 11.2. The molecule has 29 heavy (non-hydrogen) atoms. The molecule has 0 saturated carbocycles. The zero-order chi connectivity index (χ0) is 21.2. The van der Waals surface area contributed by atoms with Gasteiger partial charge in [-0.25, -0.2) is 0 Å². The minimum absolute atomic E-state index is 0.192. The van der Waals surface area contributed by atoms with Crippen LogP contribution in [0.15, 0.2) is 48.5 Å². The number of nitrogens with one attached hydrogen (secondary N) is 2. The van der Waals surface area contributed by atoms with Crippen LogP contribution in [0.3, 0.4) is 0 Å². The van der Waals surface area contributed by atoms with Crippen molar-refractivity contribution >= 4 is 35.0 Å². The molecule has 0 heterocycles. The molecule has 3 amide bonds. The van der Waals surface area contributed by atoms with Crippen molar-refractivity contribution < 1.29 is 19.1 Å². The number of anilines is 1. The van der Waals surface area contributed by atoms with E-state index in [-0.39, 0.29) is 38.1 Å². The quantitative estimate of drug-likeness (QED) is 0.656. The number of carbonyl (C=O) groups is 3. The Morgan fingerprint density at radius 1 is 1.00 bits per heavy atom. The van der Waals surface area contributed by atoms with Gasteiger partial charge < -0.3 is 20.3 Å². The number of hydrogen-bond acceptors (Lipinski definition) is 4. The maximum absolute atomic E-state index is 12.7. The predicted molar refractivity (Wildman–Crippen MR) is 112 cm³/mol. The topological polar surface area (TPSA) is 87.7 Å². The van der Waals surface area contributed by atoms with Crippen molar-refractivity contribution in [2.24, 2.45) is 0 Å². The van der Waals surface area contributed by atoms with Crippen molar-refractivity contribution in [2.45, 2.75) is 6.92 Å². The van der Waals surface area contributed by atoms with Crippen LogP contribution in [0.5, 0.6) is 0 Å². The first-order chi connectivity index (χ1) is 13.9. The van der Waals surface area contributed by atoms with Gasteiger partial charge in [-0.1, -0.05) is 29.3 Å². The molecule has 0 aliphatic carbocycles. The molecule has 0 unspecified atom stereocenters.